The van der Waals surface area contributed by atoms with Gasteiger partial charge in [0.2, 0.25) is 11.6 Å². The SMILES string of the molecule is O=C(NNc1ncnc(N2CCN(c3ccccc3)CC2)c1[N+](=O)[O-])c1ccc(Cl)cc1. The Labute approximate surface area is 189 Å². The highest BCUT2D eigenvalue weighted by Crippen LogP contribution is 2.32. The molecule has 0 atom stereocenters. The van der Waals surface area contributed by atoms with Crippen molar-refractivity contribution in [3.8, 4) is 0 Å². The number of nitrogens with one attached hydrogen (secondary N) is 2. The van der Waals surface area contributed by atoms with Crippen LogP contribution in [0.3, 0.4) is 0 Å². The van der Waals surface area contributed by atoms with Crippen LogP contribution in [0.25, 0.3) is 0 Å². The summed E-state index contributed by atoms with van der Waals surface area (Å²) in [6, 6.07) is 16.2. The van der Waals surface area contributed by atoms with Gasteiger partial charge in [0.1, 0.15) is 6.33 Å². The van der Waals surface area contributed by atoms with Crippen molar-refractivity contribution in [3.05, 3.63) is 81.6 Å². The van der Waals surface area contributed by atoms with Crippen molar-refractivity contribution in [2.75, 3.05) is 41.4 Å². The smallest absolute Gasteiger partial charge is 0.355 e. The number of nitrogens with zero attached hydrogens (tertiary/aromatic N) is 5. The summed E-state index contributed by atoms with van der Waals surface area (Å²) in [6.07, 6.45) is 1.24. The number of rotatable bonds is 6. The predicted molar refractivity (Wildman–Crippen MR) is 122 cm³/mol. The van der Waals surface area contributed by atoms with E-state index in [2.05, 4.69) is 25.7 Å². The van der Waals surface area contributed by atoms with E-state index in [0.717, 1.165) is 5.69 Å². The molecule has 0 bridgehead atoms. The molecule has 2 heterocycles. The van der Waals surface area contributed by atoms with E-state index < -0.39 is 10.8 Å². The number of nitro groups is 1. The zero-order valence-electron chi connectivity index (χ0n) is 16.9. The number of hydrogen-bond acceptors (Lipinski definition) is 8. The van der Waals surface area contributed by atoms with Gasteiger partial charge in [-0.25, -0.2) is 9.97 Å². The summed E-state index contributed by atoms with van der Waals surface area (Å²) in [4.78, 5) is 35.8. The first kappa shape index (κ1) is 21.3. The average Bonchev–Trinajstić information content (AvgIpc) is 2.83. The summed E-state index contributed by atoms with van der Waals surface area (Å²) in [5.41, 5.74) is 6.15. The molecule has 1 fully saturated rings. The van der Waals surface area contributed by atoms with Gasteiger partial charge >= 0.3 is 5.69 Å². The summed E-state index contributed by atoms with van der Waals surface area (Å²) in [5, 5.41) is 12.3. The Kier molecular flexibility index (Phi) is 6.31. The number of amides is 1. The molecule has 0 saturated carbocycles. The molecule has 0 unspecified atom stereocenters. The molecule has 1 aliphatic heterocycles. The molecule has 1 amide bonds. The Morgan fingerprint density at radius 2 is 1.62 bits per heavy atom. The highest BCUT2D eigenvalue weighted by Gasteiger charge is 2.29. The molecule has 1 aromatic heterocycles. The second kappa shape index (κ2) is 9.48. The number of benzene rings is 2. The van der Waals surface area contributed by atoms with Gasteiger partial charge in [-0.2, -0.15) is 0 Å². The Morgan fingerprint density at radius 1 is 0.969 bits per heavy atom. The van der Waals surface area contributed by atoms with E-state index in [4.69, 9.17) is 11.6 Å². The lowest BCUT2D eigenvalue weighted by Crippen LogP contribution is -2.47. The van der Waals surface area contributed by atoms with Crippen molar-refractivity contribution in [2.45, 2.75) is 0 Å². The van der Waals surface area contributed by atoms with Crippen LogP contribution in [0.4, 0.5) is 23.0 Å². The Hall–Kier alpha value is -3.92. The second-order valence-corrected chi connectivity index (χ2v) is 7.48. The molecular formula is C21H20ClN7O3. The molecule has 10 nitrogen and oxygen atoms in total. The molecule has 2 N–H and O–H groups in total. The van der Waals surface area contributed by atoms with E-state index in [-0.39, 0.29) is 17.3 Å². The average molecular weight is 454 g/mol. The third-order valence-electron chi connectivity index (χ3n) is 5.09. The topological polar surface area (TPSA) is 117 Å². The molecule has 4 rings (SSSR count). The maximum atomic E-state index is 12.3. The molecule has 1 aliphatic rings. The number of halogens is 1. The fourth-order valence-electron chi connectivity index (χ4n) is 3.47. The van der Waals surface area contributed by atoms with Gasteiger partial charge in [-0.05, 0) is 36.4 Å². The maximum Gasteiger partial charge on any atom is 0.355 e. The molecule has 32 heavy (non-hydrogen) atoms. The van der Waals surface area contributed by atoms with Crippen LogP contribution in [-0.2, 0) is 0 Å². The monoisotopic (exact) mass is 453 g/mol. The van der Waals surface area contributed by atoms with Crippen LogP contribution in [0, 0.1) is 10.1 Å². The molecule has 0 radical (unpaired) electrons. The minimum atomic E-state index is -0.546. The number of carbonyl (C=O) groups is 1. The van der Waals surface area contributed by atoms with Crippen LogP contribution in [0.15, 0.2) is 60.9 Å². The Bertz CT molecular complexity index is 1100. The lowest BCUT2D eigenvalue weighted by molar-refractivity contribution is -0.383. The Morgan fingerprint density at radius 3 is 2.28 bits per heavy atom. The summed E-state index contributed by atoms with van der Waals surface area (Å²) in [7, 11) is 0. The van der Waals surface area contributed by atoms with E-state index in [1.807, 2.05) is 35.2 Å². The van der Waals surface area contributed by atoms with Crippen molar-refractivity contribution >= 4 is 40.5 Å². The number of para-hydroxylation sites is 1. The third kappa shape index (κ3) is 4.70. The van der Waals surface area contributed by atoms with Crippen LogP contribution in [0.5, 0.6) is 0 Å². The third-order valence-corrected chi connectivity index (χ3v) is 5.34. The van der Waals surface area contributed by atoms with Gasteiger partial charge in [0.25, 0.3) is 5.91 Å². The van der Waals surface area contributed by atoms with Crippen molar-refractivity contribution in [3.63, 3.8) is 0 Å². The van der Waals surface area contributed by atoms with Gasteiger partial charge in [0.15, 0.2) is 0 Å². The number of piperazine rings is 1. The second-order valence-electron chi connectivity index (χ2n) is 7.05. The van der Waals surface area contributed by atoms with Crippen molar-refractivity contribution in [2.24, 2.45) is 0 Å². The van der Waals surface area contributed by atoms with Crippen molar-refractivity contribution < 1.29 is 9.72 Å². The first-order chi connectivity index (χ1) is 15.5. The summed E-state index contributed by atoms with van der Waals surface area (Å²) in [6.45, 7) is 2.51. The predicted octanol–water partition coefficient (Wildman–Crippen LogP) is 3.12. The largest absolute Gasteiger partial charge is 0.368 e. The van der Waals surface area contributed by atoms with Gasteiger partial charge in [-0.3, -0.25) is 25.8 Å². The van der Waals surface area contributed by atoms with Crippen molar-refractivity contribution in [1.82, 2.24) is 15.4 Å². The van der Waals surface area contributed by atoms with Gasteiger partial charge in [-0.15, -0.1) is 0 Å². The summed E-state index contributed by atoms with van der Waals surface area (Å²) in [5.74, 6) is -0.360. The minimum Gasteiger partial charge on any atom is -0.368 e. The number of carbonyl (C=O) groups excluding carboxylic acids is 1. The molecule has 11 heteroatoms. The van der Waals surface area contributed by atoms with Crippen LogP contribution in [-0.4, -0.2) is 47.0 Å². The number of hydrogen-bond donors (Lipinski definition) is 2. The number of aromatic nitrogens is 2. The molecule has 164 valence electrons. The first-order valence-corrected chi connectivity index (χ1v) is 10.3. The molecule has 1 saturated heterocycles. The van der Waals surface area contributed by atoms with E-state index in [9.17, 15) is 14.9 Å². The van der Waals surface area contributed by atoms with Crippen molar-refractivity contribution in [1.29, 1.82) is 0 Å². The van der Waals surface area contributed by atoms with Gasteiger partial charge < -0.3 is 9.80 Å². The molecular weight excluding hydrogens is 434 g/mol. The number of anilines is 3. The van der Waals surface area contributed by atoms with Crippen LogP contribution >= 0.6 is 11.6 Å². The number of hydrazine groups is 1. The fraction of sp³-hybridized carbons (Fsp3) is 0.190. The van der Waals surface area contributed by atoms with Gasteiger partial charge in [0, 0.05) is 42.5 Å². The quantitative estimate of drug-likeness (QED) is 0.432. The van der Waals surface area contributed by atoms with Gasteiger partial charge in [0.05, 0.1) is 4.92 Å². The lowest BCUT2D eigenvalue weighted by Gasteiger charge is -2.36. The Balaban J connectivity index is 1.48. The van der Waals surface area contributed by atoms with E-state index in [1.54, 1.807) is 24.3 Å². The summed E-state index contributed by atoms with van der Waals surface area (Å²) < 4.78 is 0. The summed E-state index contributed by atoms with van der Waals surface area (Å²) >= 11 is 5.83. The fourth-order valence-corrected chi connectivity index (χ4v) is 3.59. The standard InChI is InChI=1S/C21H20ClN7O3/c22-16-8-6-15(7-9-16)21(30)26-25-19-18(29(31)32)20(24-14-23-19)28-12-10-27(11-13-28)17-4-2-1-3-5-17/h1-9,14H,10-13H2,(H,26,30)(H,23,24,25). The van der Waals surface area contributed by atoms with Crippen LogP contribution in [0.1, 0.15) is 10.4 Å². The van der Waals surface area contributed by atoms with E-state index in [1.165, 1.54) is 6.33 Å². The van der Waals surface area contributed by atoms with E-state index >= 15 is 0 Å². The minimum absolute atomic E-state index is 0.0900. The highest BCUT2D eigenvalue weighted by molar-refractivity contribution is 6.30. The normalized spacial score (nSPS) is 13.5. The van der Waals surface area contributed by atoms with Crippen LogP contribution < -0.4 is 20.7 Å². The maximum absolute atomic E-state index is 12.3. The first-order valence-electron chi connectivity index (χ1n) is 9.89. The van der Waals surface area contributed by atoms with Crippen LogP contribution in [0.2, 0.25) is 5.02 Å². The lowest BCUT2D eigenvalue weighted by atomic mass is 10.2. The zero-order chi connectivity index (χ0) is 22.5. The molecule has 3 aromatic rings. The highest BCUT2D eigenvalue weighted by atomic mass is 35.5. The zero-order valence-corrected chi connectivity index (χ0v) is 17.7. The van der Waals surface area contributed by atoms with E-state index in [0.29, 0.717) is 36.8 Å². The molecule has 2 aromatic carbocycles. The molecule has 0 spiro atoms. The molecule has 0 aliphatic carbocycles. The van der Waals surface area contributed by atoms with Gasteiger partial charge in [-0.1, -0.05) is 29.8 Å².